The third-order valence-corrected chi connectivity index (χ3v) is 4.23. The van der Waals surface area contributed by atoms with Gasteiger partial charge in [-0.25, -0.2) is 4.98 Å². The van der Waals surface area contributed by atoms with Crippen molar-refractivity contribution in [3.63, 3.8) is 0 Å². The van der Waals surface area contributed by atoms with Gasteiger partial charge in [-0.2, -0.15) is 0 Å². The number of amides is 1. The van der Waals surface area contributed by atoms with Crippen molar-refractivity contribution in [2.75, 3.05) is 5.32 Å². The van der Waals surface area contributed by atoms with E-state index in [4.69, 9.17) is 0 Å². The molecule has 9 nitrogen and oxygen atoms in total. The van der Waals surface area contributed by atoms with Crippen molar-refractivity contribution in [1.82, 2.24) is 34.5 Å². The molecule has 0 aliphatic heterocycles. The van der Waals surface area contributed by atoms with Gasteiger partial charge in [-0.15, -0.1) is 20.4 Å². The number of pyridine rings is 1. The van der Waals surface area contributed by atoms with Gasteiger partial charge in [-0.1, -0.05) is 12.1 Å². The first kappa shape index (κ1) is 16.6. The van der Waals surface area contributed by atoms with Crippen molar-refractivity contribution in [1.29, 1.82) is 0 Å². The van der Waals surface area contributed by atoms with Gasteiger partial charge in [0.05, 0.1) is 5.56 Å². The van der Waals surface area contributed by atoms with E-state index in [1.165, 1.54) is 6.20 Å². The number of hydrogen-bond donors (Lipinski definition) is 1. The minimum absolute atomic E-state index is 0.240. The van der Waals surface area contributed by atoms with Crippen LogP contribution in [0.2, 0.25) is 0 Å². The molecule has 0 aliphatic rings. The Hall–Kier alpha value is -3.88. The maximum atomic E-state index is 12.6. The van der Waals surface area contributed by atoms with Crippen LogP contribution in [0.5, 0.6) is 0 Å². The smallest absolute Gasteiger partial charge is 0.257 e. The summed E-state index contributed by atoms with van der Waals surface area (Å²) in [6, 6.07) is 9.12. The molecule has 1 aromatic carbocycles. The Morgan fingerprint density at radius 2 is 1.85 bits per heavy atom. The van der Waals surface area contributed by atoms with Gasteiger partial charge in [0.1, 0.15) is 24.8 Å². The fourth-order valence-corrected chi connectivity index (χ4v) is 2.73. The number of benzene rings is 1. The molecule has 0 saturated carbocycles. The molecule has 4 rings (SSSR count). The van der Waals surface area contributed by atoms with Crippen LogP contribution in [-0.2, 0) is 7.05 Å². The summed E-state index contributed by atoms with van der Waals surface area (Å²) >= 11 is 0. The molecule has 0 radical (unpaired) electrons. The number of carbonyl (C=O) groups is 1. The first-order chi connectivity index (χ1) is 13.1. The van der Waals surface area contributed by atoms with Crippen LogP contribution in [0.4, 0.5) is 5.69 Å². The second-order valence-electron chi connectivity index (χ2n) is 5.97. The molecule has 0 aliphatic carbocycles. The van der Waals surface area contributed by atoms with Crippen LogP contribution in [0.25, 0.3) is 17.2 Å². The van der Waals surface area contributed by atoms with Crippen molar-refractivity contribution in [2.45, 2.75) is 6.92 Å². The molecule has 0 atom stereocenters. The molecule has 1 N–H and O–H groups in total. The van der Waals surface area contributed by atoms with E-state index in [1.54, 1.807) is 35.7 Å². The van der Waals surface area contributed by atoms with Crippen molar-refractivity contribution in [3.8, 4) is 17.2 Å². The highest BCUT2D eigenvalue weighted by atomic mass is 16.1. The molecular formula is C18H16N8O. The van der Waals surface area contributed by atoms with Crippen LogP contribution in [0.1, 0.15) is 15.9 Å². The molecule has 3 aromatic heterocycles. The highest BCUT2D eigenvalue weighted by Crippen LogP contribution is 2.27. The van der Waals surface area contributed by atoms with E-state index in [-0.39, 0.29) is 5.91 Å². The standard InChI is InChI=1S/C18H16N8O/c1-12-14(17-24-22-9-25(17)2)4-3-5-15(12)23-18(27)13-6-7-16(19-8-13)26-10-20-21-11-26/h3-11H,1-2H3,(H,23,27). The van der Waals surface area contributed by atoms with E-state index in [2.05, 4.69) is 30.7 Å². The lowest BCUT2D eigenvalue weighted by Gasteiger charge is -2.12. The number of hydrogen-bond acceptors (Lipinski definition) is 6. The molecule has 0 saturated heterocycles. The predicted molar refractivity (Wildman–Crippen MR) is 98.3 cm³/mol. The highest BCUT2D eigenvalue weighted by Gasteiger charge is 2.13. The Morgan fingerprint density at radius 1 is 1.04 bits per heavy atom. The summed E-state index contributed by atoms with van der Waals surface area (Å²) in [4.78, 5) is 16.9. The third-order valence-electron chi connectivity index (χ3n) is 4.23. The summed E-state index contributed by atoms with van der Waals surface area (Å²) < 4.78 is 3.50. The molecular weight excluding hydrogens is 344 g/mol. The van der Waals surface area contributed by atoms with E-state index in [0.717, 1.165) is 17.0 Å². The zero-order chi connectivity index (χ0) is 18.8. The van der Waals surface area contributed by atoms with Gasteiger partial charge >= 0.3 is 0 Å². The van der Waals surface area contributed by atoms with E-state index >= 15 is 0 Å². The maximum Gasteiger partial charge on any atom is 0.257 e. The van der Waals surface area contributed by atoms with Gasteiger partial charge in [0, 0.05) is 24.5 Å². The predicted octanol–water partition coefficient (Wildman–Crippen LogP) is 2.02. The Bertz CT molecular complexity index is 1080. The highest BCUT2D eigenvalue weighted by molar-refractivity contribution is 6.04. The summed E-state index contributed by atoms with van der Waals surface area (Å²) in [5.74, 6) is 1.14. The molecule has 0 fully saturated rings. The zero-order valence-electron chi connectivity index (χ0n) is 14.7. The first-order valence-electron chi connectivity index (χ1n) is 8.20. The molecule has 27 heavy (non-hydrogen) atoms. The van der Waals surface area contributed by atoms with Crippen LogP contribution in [0.15, 0.2) is 55.5 Å². The minimum atomic E-state index is -0.240. The van der Waals surface area contributed by atoms with Crippen molar-refractivity contribution in [2.24, 2.45) is 7.05 Å². The van der Waals surface area contributed by atoms with Crippen LogP contribution in [0.3, 0.4) is 0 Å². The number of nitrogens with zero attached hydrogens (tertiary/aromatic N) is 7. The Balaban J connectivity index is 1.57. The average Bonchev–Trinajstić information content (AvgIpc) is 3.35. The number of carbonyl (C=O) groups excluding carboxylic acids is 1. The zero-order valence-corrected chi connectivity index (χ0v) is 14.7. The lowest BCUT2D eigenvalue weighted by Crippen LogP contribution is -2.13. The fourth-order valence-electron chi connectivity index (χ4n) is 2.73. The van der Waals surface area contributed by atoms with Gasteiger partial charge in [0.25, 0.3) is 5.91 Å². The van der Waals surface area contributed by atoms with E-state index in [1.807, 2.05) is 36.7 Å². The fraction of sp³-hybridized carbons (Fsp3) is 0.111. The molecule has 4 aromatic rings. The van der Waals surface area contributed by atoms with E-state index in [0.29, 0.717) is 17.1 Å². The van der Waals surface area contributed by atoms with Crippen molar-refractivity contribution < 1.29 is 4.79 Å². The Morgan fingerprint density at radius 3 is 2.52 bits per heavy atom. The first-order valence-corrected chi connectivity index (χ1v) is 8.20. The summed E-state index contributed by atoms with van der Waals surface area (Å²) in [6.45, 7) is 1.94. The number of rotatable bonds is 4. The van der Waals surface area contributed by atoms with Crippen molar-refractivity contribution in [3.05, 3.63) is 66.6 Å². The lowest BCUT2D eigenvalue weighted by molar-refractivity contribution is 0.102. The molecule has 0 bridgehead atoms. The third kappa shape index (κ3) is 3.17. The topological polar surface area (TPSA) is 103 Å². The Kier molecular flexibility index (Phi) is 4.17. The largest absolute Gasteiger partial charge is 0.322 e. The van der Waals surface area contributed by atoms with Gasteiger partial charge < -0.3 is 9.88 Å². The van der Waals surface area contributed by atoms with E-state index in [9.17, 15) is 4.79 Å². The quantitative estimate of drug-likeness (QED) is 0.597. The summed E-state index contributed by atoms with van der Waals surface area (Å²) in [5, 5.41) is 18.5. The number of anilines is 1. The van der Waals surface area contributed by atoms with Crippen molar-refractivity contribution >= 4 is 11.6 Å². The SMILES string of the molecule is Cc1c(NC(=O)c2ccc(-n3cnnc3)nc2)cccc1-c1nncn1C. The van der Waals surface area contributed by atoms with Gasteiger partial charge in [-0.05, 0) is 30.7 Å². The number of nitrogens with one attached hydrogen (secondary N) is 1. The molecule has 9 heteroatoms. The summed E-state index contributed by atoms with van der Waals surface area (Å²) in [5.41, 5.74) is 2.99. The molecule has 3 heterocycles. The second kappa shape index (κ2) is 6.79. The molecule has 0 unspecified atom stereocenters. The number of aryl methyl sites for hydroxylation is 1. The average molecular weight is 360 g/mol. The maximum absolute atomic E-state index is 12.6. The van der Waals surface area contributed by atoms with Gasteiger partial charge in [0.2, 0.25) is 0 Å². The van der Waals surface area contributed by atoms with E-state index < -0.39 is 0 Å². The number of aromatic nitrogens is 7. The summed E-state index contributed by atoms with van der Waals surface area (Å²) in [7, 11) is 1.88. The van der Waals surface area contributed by atoms with Crippen LogP contribution < -0.4 is 5.32 Å². The molecule has 134 valence electrons. The minimum Gasteiger partial charge on any atom is -0.322 e. The molecule has 0 spiro atoms. The van der Waals surface area contributed by atoms with Crippen LogP contribution in [0, 0.1) is 6.92 Å². The lowest BCUT2D eigenvalue weighted by atomic mass is 10.1. The van der Waals surface area contributed by atoms with Crippen LogP contribution in [-0.4, -0.2) is 40.4 Å². The van der Waals surface area contributed by atoms with Gasteiger partial charge in [-0.3, -0.25) is 9.36 Å². The monoisotopic (exact) mass is 360 g/mol. The second-order valence-corrected chi connectivity index (χ2v) is 5.97. The molecule has 1 amide bonds. The Labute approximate surface area is 154 Å². The normalized spacial score (nSPS) is 10.7. The van der Waals surface area contributed by atoms with Gasteiger partial charge in [0.15, 0.2) is 5.82 Å². The van der Waals surface area contributed by atoms with Crippen LogP contribution >= 0.6 is 0 Å². The summed E-state index contributed by atoms with van der Waals surface area (Å²) in [6.07, 6.45) is 6.25.